The number of nitrogens with one attached hydrogen (secondary N) is 1. The molecule has 32 heavy (non-hydrogen) atoms. The van der Waals surface area contributed by atoms with Crippen molar-refractivity contribution in [3.05, 3.63) is 102 Å². The molecule has 0 saturated carbocycles. The fourth-order valence-corrected chi connectivity index (χ4v) is 3.68. The van der Waals surface area contributed by atoms with Gasteiger partial charge in [0.2, 0.25) is 5.89 Å². The Bertz CT molecular complexity index is 1180. The van der Waals surface area contributed by atoms with E-state index in [1.54, 1.807) is 12.3 Å². The van der Waals surface area contributed by atoms with Gasteiger partial charge in [0.1, 0.15) is 0 Å². The largest absolute Gasteiger partial charge is 0.436 e. The number of oxazole rings is 1. The normalized spacial score (nSPS) is 12.0. The molecule has 1 unspecified atom stereocenters. The van der Waals surface area contributed by atoms with Gasteiger partial charge in [0.25, 0.3) is 5.91 Å². The summed E-state index contributed by atoms with van der Waals surface area (Å²) in [5.41, 5.74) is 4.50. The van der Waals surface area contributed by atoms with Crippen LogP contribution in [-0.2, 0) is 0 Å². The first-order chi connectivity index (χ1) is 15.5. The fourth-order valence-electron chi connectivity index (χ4n) is 3.68. The molecule has 0 saturated heterocycles. The minimum Gasteiger partial charge on any atom is -0.436 e. The van der Waals surface area contributed by atoms with Crippen LogP contribution in [0, 0.1) is 6.92 Å². The molecule has 0 bridgehead atoms. The molecule has 162 valence electrons. The van der Waals surface area contributed by atoms with Gasteiger partial charge >= 0.3 is 0 Å². The van der Waals surface area contributed by atoms with Gasteiger partial charge in [-0.05, 0) is 38.7 Å². The predicted octanol–water partition coefficient (Wildman–Crippen LogP) is 5.35. The van der Waals surface area contributed by atoms with E-state index in [1.165, 1.54) is 5.56 Å². The van der Waals surface area contributed by atoms with Crippen molar-refractivity contribution < 1.29 is 9.21 Å². The summed E-state index contributed by atoms with van der Waals surface area (Å²) < 4.78 is 6.02. The van der Waals surface area contributed by atoms with Gasteiger partial charge in [0.15, 0.2) is 5.76 Å². The molecule has 0 spiro atoms. The maximum absolute atomic E-state index is 13.1. The number of hydrogen-bond donors (Lipinski definition) is 1. The van der Waals surface area contributed by atoms with Gasteiger partial charge in [-0.25, -0.2) is 4.98 Å². The molecule has 0 aliphatic carbocycles. The molecular weight excluding hydrogens is 398 g/mol. The smallest absolute Gasteiger partial charge is 0.252 e. The van der Waals surface area contributed by atoms with Crippen LogP contribution in [0.5, 0.6) is 0 Å². The van der Waals surface area contributed by atoms with Crippen LogP contribution in [0.15, 0.2) is 89.5 Å². The Balaban J connectivity index is 1.54. The van der Waals surface area contributed by atoms with Crippen molar-refractivity contribution in [2.24, 2.45) is 0 Å². The zero-order valence-electron chi connectivity index (χ0n) is 18.6. The maximum Gasteiger partial charge on any atom is 0.252 e. The van der Waals surface area contributed by atoms with E-state index in [2.05, 4.69) is 27.3 Å². The number of aryl methyl sites for hydroxylation is 1. The number of hydrogen-bond acceptors (Lipinski definition) is 4. The summed E-state index contributed by atoms with van der Waals surface area (Å²) >= 11 is 0. The lowest BCUT2D eigenvalue weighted by Crippen LogP contribution is -2.34. The molecule has 1 amide bonds. The highest BCUT2D eigenvalue weighted by Crippen LogP contribution is 2.28. The van der Waals surface area contributed by atoms with Crippen molar-refractivity contribution in [3.8, 4) is 22.8 Å². The Kier molecular flexibility index (Phi) is 6.47. The van der Waals surface area contributed by atoms with Crippen LogP contribution in [-0.4, -0.2) is 36.4 Å². The fraction of sp³-hybridized carbons (Fsp3) is 0.185. The molecule has 1 heterocycles. The third-order valence-corrected chi connectivity index (χ3v) is 5.51. The van der Waals surface area contributed by atoms with E-state index in [0.29, 0.717) is 29.3 Å². The van der Waals surface area contributed by atoms with Crippen molar-refractivity contribution in [2.45, 2.75) is 13.0 Å². The molecule has 1 atom stereocenters. The Hall–Kier alpha value is -3.70. The highest BCUT2D eigenvalue weighted by Gasteiger charge is 2.19. The van der Waals surface area contributed by atoms with Gasteiger partial charge < -0.3 is 14.6 Å². The quantitative estimate of drug-likeness (QED) is 0.434. The first-order valence-corrected chi connectivity index (χ1v) is 10.6. The van der Waals surface area contributed by atoms with Crippen LogP contribution < -0.4 is 5.32 Å². The lowest BCUT2D eigenvalue weighted by atomic mass is 10.0. The van der Waals surface area contributed by atoms with Crippen LogP contribution in [0.1, 0.15) is 27.5 Å². The number of rotatable bonds is 7. The summed E-state index contributed by atoms with van der Waals surface area (Å²) in [6, 6.07) is 25.7. The van der Waals surface area contributed by atoms with Gasteiger partial charge in [-0.15, -0.1) is 0 Å². The van der Waals surface area contributed by atoms with Crippen LogP contribution in [0.3, 0.4) is 0 Å². The Morgan fingerprint density at radius 1 is 0.969 bits per heavy atom. The number of amides is 1. The highest BCUT2D eigenvalue weighted by atomic mass is 16.4. The van der Waals surface area contributed by atoms with Crippen LogP contribution in [0.25, 0.3) is 22.8 Å². The molecule has 5 nitrogen and oxygen atoms in total. The van der Waals surface area contributed by atoms with E-state index in [1.807, 2.05) is 81.7 Å². The topological polar surface area (TPSA) is 58.4 Å². The van der Waals surface area contributed by atoms with Gasteiger partial charge in [0, 0.05) is 17.7 Å². The first-order valence-electron chi connectivity index (χ1n) is 10.6. The molecular formula is C27H27N3O2. The lowest BCUT2D eigenvalue weighted by molar-refractivity contribution is 0.0942. The van der Waals surface area contributed by atoms with E-state index in [-0.39, 0.29) is 11.9 Å². The Morgan fingerprint density at radius 2 is 1.66 bits per heavy atom. The zero-order valence-corrected chi connectivity index (χ0v) is 18.6. The van der Waals surface area contributed by atoms with Crippen LogP contribution in [0.4, 0.5) is 0 Å². The molecule has 5 heteroatoms. The second-order valence-electron chi connectivity index (χ2n) is 8.04. The van der Waals surface area contributed by atoms with Crippen LogP contribution in [0.2, 0.25) is 0 Å². The number of carbonyl (C=O) groups excluding carboxylic acids is 1. The predicted molar refractivity (Wildman–Crippen MR) is 127 cm³/mol. The minimum atomic E-state index is -0.154. The van der Waals surface area contributed by atoms with E-state index >= 15 is 0 Å². The molecule has 0 radical (unpaired) electrons. The first kappa shape index (κ1) is 21.5. The third-order valence-electron chi connectivity index (χ3n) is 5.51. The summed E-state index contributed by atoms with van der Waals surface area (Å²) in [5.74, 6) is 0.948. The monoisotopic (exact) mass is 425 g/mol. The second-order valence-corrected chi connectivity index (χ2v) is 8.04. The summed E-state index contributed by atoms with van der Waals surface area (Å²) in [6.45, 7) is 2.54. The van der Waals surface area contributed by atoms with Gasteiger partial charge in [0.05, 0.1) is 17.8 Å². The summed E-state index contributed by atoms with van der Waals surface area (Å²) in [5, 5.41) is 3.08. The molecule has 4 rings (SSSR count). The van der Waals surface area contributed by atoms with Crippen molar-refractivity contribution in [1.82, 2.24) is 15.2 Å². The number of benzene rings is 3. The van der Waals surface area contributed by atoms with Crippen molar-refractivity contribution in [3.63, 3.8) is 0 Å². The van der Waals surface area contributed by atoms with Gasteiger partial charge in [-0.1, -0.05) is 72.3 Å². The SMILES string of the molecule is Cc1ccc(-c2cnc(-c3ccccc3C(=O)NCC(c3ccccc3)N(C)C)o2)cc1. The number of likely N-dealkylation sites (N-methyl/N-ethyl adjacent to an activating group) is 1. The number of nitrogens with zero attached hydrogens (tertiary/aromatic N) is 2. The summed E-state index contributed by atoms with van der Waals surface area (Å²) in [4.78, 5) is 19.7. The van der Waals surface area contributed by atoms with Crippen molar-refractivity contribution >= 4 is 5.91 Å². The highest BCUT2D eigenvalue weighted by molar-refractivity contribution is 6.00. The molecule has 0 aliphatic rings. The second kappa shape index (κ2) is 9.62. The van der Waals surface area contributed by atoms with Crippen molar-refractivity contribution in [2.75, 3.05) is 20.6 Å². The average molecular weight is 426 g/mol. The molecule has 0 aliphatic heterocycles. The van der Waals surface area contributed by atoms with E-state index in [9.17, 15) is 4.79 Å². The van der Waals surface area contributed by atoms with Gasteiger partial charge in [-0.3, -0.25) is 4.79 Å². The summed E-state index contributed by atoms with van der Waals surface area (Å²) in [6.07, 6.45) is 1.70. The van der Waals surface area contributed by atoms with Crippen molar-refractivity contribution in [1.29, 1.82) is 0 Å². The molecule has 1 aromatic heterocycles. The maximum atomic E-state index is 13.1. The molecule has 1 N–H and O–H groups in total. The lowest BCUT2D eigenvalue weighted by Gasteiger charge is -2.25. The minimum absolute atomic E-state index is 0.0715. The van der Waals surface area contributed by atoms with Crippen LogP contribution >= 0.6 is 0 Å². The van der Waals surface area contributed by atoms with E-state index < -0.39 is 0 Å². The molecule has 3 aromatic carbocycles. The average Bonchev–Trinajstić information content (AvgIpc) is 3.30. The third kappa shape index (κ3) is 4.79. The number of aromatic nitrogens is 1. The van der Waals surface area contributed by atoms with E-state index in [0.717, 1.165) is 11.1 Å². The van der Waals surface area contributed by atoms with E-state index in [4.69, 9.17) is 4.42 Å². The Morgan fingerprint density at radius 3 is 2.38 bits per heavy atom. The number of carbonyl (C=O) groups is 1. The molecule has 0 fully saturated rings. The standard InChI is InChI=1S/C27H27N3O2/c1-19-13-15-21(16-14-19)25-18-29-27(32-25)23-12-8-7-11-22(23)26(31)28-17-24(30(2)3)20-9-5-4-6-10-20/h4-16,18,24H,17H2,1-3H3,(H,28,31). The molecule has 4 aromatic rings. The summed E-state index contributed by atoms with van der Waals surface area (Å²) in [7, 11) is 4.02. The Labute approximate surface area is 188 Å². The van der Waals surface area contributed by atoms with Gasteiger partial charge in [-0.2, -0.15) is 0 Å². The zero-order chi connectivity index (χ0) is 22.5.